The van der Waals surface area contributed by atoms with Gasteiger partial charge in [0, 0.05) is 0 Å². The van der Waals surface area contributed by atoms with Gasteiger partial charge in [-0.2, -0.15) is 0 Å². The molecule has 0 N–H and O–H groups in total. The molecule has 0 aliphatic heterocycles. The summed E-state index contributed by atoms with van der Waals surface area (Å²) in [7, 11) is 0. The van der Waals surface area contributed by atoms with Crippen LogP contribution >= 0.6 is 0 Å². The molecule has 1 heteroatoms. The molecule has 0 unspecified atom stereocenters. The van der Waals surface area contributed by atoms with E-state index in [1.165, 1.54) is 0 Å². The van der Waals surface area contributed by atoms with Gasteiger partial charge in [0.1, 0.15) is 5.83 Å². The summed E-state index contributed by atoms with van der Waals surface area (Å²) in [4.78, 5) is 0. The van der Waals surface area contributed by atoms with E-state index in [4.69, 9.17) is 0 Å². The highest BCUT2D eigenvalue weighted by Gasteiger charge is 2.05. The van der Waals surface area contributed by atoms with Crippen LogP contribution in [0, 0.1) is 0 Å². The lowest BCUT2D eigenvalue weighted by Crippen LogP contribution is -1.88. The van der Waals surface area contributed by atoms with Gasteiger partial charge in [-0.3, -0.25) is 0 Å². The molecule has 0 saturated heterocycles. The highest BCUT2D eigenvalue weighted by molar-refractivity contribution is 5.37. The van der Waals surface area contributed by atoms with E-state index in [-0.39, 0.29) is 5.83 Å². The average molecular weight is 178 g/mol. The first-order valence-corrected chi connectivity index (χ1v) is 4.63. The molecule has 1 aliphatic carbocycles. The lowest BCUT2D eigenvalue weighted by atomic mass is 10.0. The first-order chi connectivity index (χ1) is 6.15. The molecule has 13 heavy (non-hydrogen) atoms. The van der Waals surface area contributed by atoms with Crippen molar-refractivity contribution in [1.82, 2.24) is 0 Å². The van der Waals surface area contributed by atoms with Crippen LogP contribution < -0.4 is 0 Å². The summed E-state index contributed by atoms with van der Waals surface area (Å²) >= 11 is 0. The monoisotopic (exact) mass is 178 g/mol. The van der Waals surface area contributed by atoms with Crippen molar-refractivity contribution in [3.05, 3.63) is 40.4 Å². The van der Waals surface area contributed by atoms with E-state index in [2.05, 4.69) is 5.73 Å². The van der Waals surface area contributed by atoms with Crippen molar-refractivity contribution in [2.75, 3.05) is 0 Å². The second-order valence-electron chi connectivity index (χ2n) is 3.35. The Morgan fingerprint density at radius 1 is 1.46 bits per heavy atom. The van der Waals surface area contributed by atoms with Gasteiger partial charge in [0.25, 0.3) is 0 Å². The molecule has 1 aliphatic rings. The smallest absolute Gasteiger partial charge is 0.126 e. The molecule has 0 saturated carbocycles. The highest BCUT2D eigenvalue weighted by atomic mass is 19.1. The minimum atomic E-state index is -0.116. The SMILES string of the molecule is CCC1=C=CC/C(C)=C\C(F)=C1C. The van der Waals surface area contributed by atoms with Crippen molar-refractivity contribution in [3.8, 4) is 0 Å². The van der Waals surface area contributed by atoms with Gasteiger partial charge in [-0.05, 0) is 50.0 Å². The van der Waals surface area contributed by atoms with Crippen LogP contribution in [0.15, 0.2) is 40.4 Å². The molecular formula is C12H15F. The number of rotatable bonds is 1. The van der Waals surface area contributed by atoms with Gasteiger partial charge in [-0.1, -0.05) is 12.5 Å². The lowest BCUT2D eigenvalue weighted by molar-refractivity contribution is 0.652. The summed E-state index contributed by atoms with van der Waals surface area (Å²) in [5.41, 5.74) is 5.87. The maximum Gasteiger partial charge on any atom is 0.126 e. The van der Waals surface area contributed by atoms with E-state index >= 15 is 0 Å². The van der Waals surface area contributed by atoms with E-state index in [1.807, 2.05) is 26.8 Å². The fourth-order valence-electron chi connectivity index (χ4n) is 1.34. The van der Waals surface area contributed by atoms with Crippen molar-refractivity contribution < 1.29 is 4.39 Å². The second-order valence-corrected chi connectivity index (χ2v) is 3.35. The van der Waals surface area contributed by atoms with Crippen LogP contribution in [0.25, 0.3) is 0 Å². The predicted molar refractivity (Wildman–Crippen MR) is 54.1 cm³/mol. The lowest BCUT2D eigenvalue weighted by Gasteiger charge is -2.05. The number of hydrogen-bond donors (Lipinski definition) is 0. The Balaban J connectivity index is 3.17. The van der Waals surface area contributed by atoms with Crippen molar-refractivity contribution >= 4 is 0 Å². The Morgan fingerprint density at radius 3 is 2.77 bits per heavy atom. The van der Waals surface area contributed by atoms with Crippen LogP contribution in [0.5, 0.6) is 0 Å². The Kier molecular flexibility index (Phi) is 3.27. The molecule has 0 atom stereocenters. The molecule has 0 bridgehead atoms. The topological polar surface area (TPSA) is 0 Å². The summed E-state index contributed by atoms with van der Waals surface area (Å²) in [5, 5.41) is 0. The van der Waals surface area contributed by atoms with Gasteiger partial charge in [0.05, 0.1) is 0 Å². The van der Waals surface area contributed by atoms with Crippen LogP contribution in [0.4, 0.5) is 4.39 Å². The van der Waals surface area contributed by atoms with Crippen LogP contribution in [0.3, 0.4) is 0 Å². The molecule has 0 aromatic heterocycles. The number of halogens is 1. The summed E-state index contributed by atoms with van der Waals surface area (Å²) in [6.45, 7) is 5.76. The van der Waals surface area contributed by atoms with E-state index in [0.717, 1.165) is 29.6 Å². The zero-order chi connectivity index (χ0) is 9.84. The largest absolute Gasteiger partial charge is 0.207 e. The van der Waals surface area contributed by atoms with Crippen LogP contribution in [-0.2, 0) is 0 Å². The Morgan fingerprint density at radius 2 is 2.15 bits per heavy atom. The summed E-state index contributed by atoms with van der Waals surface area (Å²) in [5.74, 6) is -0.116. The third kappa shape index (κ3) is 2.43. The molecule has 0 aromatic carbocycles. The zero-order valence-corrected chi connectivity index (χ0v) is 8.45. The fourth-order valence-corrected chi connectivity index (χ4v) is 1.34. The van der Waals surface area contributed by atoms with Gasteiger partial charge in [0.2, 0.25) is 0 Å². The van der Waals surface area contributed by atoms with Gasteiger partial charge in [0.15, 0.2) is 0 Å². The third-order valence-corrected chi connectivity index (χ3v) is 2.24. The van der Waals surface area contributed by atoms with Crippen LogP contribution in [-0.4, -0.2) is 0 Å². The Hall–Kier alpha value is -1.07. The zero-order valence-electron chi connectivity index (χ0n) is 8.45. The van der Waals surface area contributed by atoms with E-state index < -0.39 is 0 Å². The number of allylic oxidation sites excluding steroid dienone is 5. The molecule has 0 heterocycles. The molecule has 0 radical (unpaired) electrons. The summed E-state index contributed by atoms with van der Waals surface area (Å²) in [6.07, 6.45) is 5.22. The normalized spacial score (nSPS) is 21.8. The molecule has 70 valence electrons. The molecule has 1 rings (SSSR count). The second kappa shape index (κ2) is 4.25. The van der Waals surface area contributed by atoms with Gasteiger partial charge in [-0.15, -0.1) is 5.73 Å². The highest BCUT2D eigenvalue weighted by Crippen LogP contribution is 2.22. The minimum absolute atomic E-state index is 0.116. The van der Waals surface area contributed by atoms with Crippen molar-refractivity contribution in [3.63, 3.8) is 0 Å². The average Bonchev–Trinajstić information content (AvgIpc) is 2.09. The molecule has 0 fully saturated rings. The maximum absolute atomic E-state index is 13.4. The standard InChI is InChI=1S/C12H15F/c1-4-11-7-5-6-9(2)8-12(13)10(11)3/h5,8H,4,6H2,1-3H3/b9-8-,12-10?. The summed E-state index contributed by atoms with van der Waals surface area (Å²) < 4.78 is 13.4. The first kappa shape index (κ1) is 10.0. The van der Waals surface area contributed by atoms with Crippen molar-refractivity contribution in [2.24, 2.45) is 0 Å². The van der Waals surface area contributed by atoms with E-state index in [1.54, 1.807) is 6.08 Å². The first-order valence-electron chi connectivity index (χ1n) is 4.63. The number of hydrogen-bond acceptors (Lipinski definition) is 0. The predicted octanol–water partition coefficient (Wildman–Crippen LogP) is 4.07. The molecule has 0 aromatic rings. The van der Waals surface area contributed by atoms with Crippen LogP contribution in [0.1, 0.15) is 33.6 Å². The Bertz CT molecular complexity index is 323. The fraction of sp³-hybridized carbons (Fsp3) is 0.417. The van der Waals surface area contributed by atoms with Crippen molar-refractivity contribution in [1.29, 1.82) is 0 Å². The van der Waals surface area contributed by atoms with Crippen LogP contribution in [0.2, 0.25) is 0 Å². The quantitative estimate of drug-likeness (QED) is 0.531. The molecule has 0 nitrogen and oxygen atoms in total. The van der Waals surface area contributed by atoms with Crippen molar-refractivity contribution in [2.45, 2.75) is 33.6 Å². The van der Waals surface area contributed by atoms with E-state index in [0.29, 0.717) is 0 Å². The molecular weight excluding hydrogens is 163 g/mol. The van der Waals surface area contributed by atoms with E-state index in [9.17, 15) is 4.39 Å². The van der Waals surface area contributed by atoms with Gasteiger partial charge in [-0.25, -0.2) is 4.39 Å². The molecule has 0 amide bonds. The van der Waals surface area contributed by atoms with Gasteiger partial charge < -0.3 is 0 Å². The Labute approximate surface area is 79.2 Å². The van der Waals surface area contributed by atoms with Gasteiger partial charge >= 0.3 is 0 Å². The minimum Gasteiger partial charge on any atom is -0.207 e. The third-order valence-electron chi connectivity index (χ3n) is 2.24. The molecule has 0 spiro atoms. The maximum atomic E-state index is 13.4. The summed E-state index contributed by atoms with van der Waals surface area (Å²) in [6, 6.07) is 0.